The highest BCUT2D eigenvalue weighted by Gasteiger charge is 2.13. The van der Waals surface area contributed by atoms with Gasteiger partial charge in [0.2, 0.25) is 5.91 Å². The van der Waals surface area contributed by atoms with Crippen molar-refractivity contribution in [3.05, 3.63) is 5.82 Å². The van der Waals surface area contributed by atoms with E-state index in [0.29, 0.717) is 0 Å². The lowest BCUT2D eigenvalue weighted by Crippen LogP contribution is -2.22. The average molecular weight is 217 g/mol. The minimum atomic E-state index is -0.321. The van der Waals surface area contributed by atoms with E-state index in [2.05, 4.69) is 9.36 Å². The Kier molecular flexibility index (Phi) is 3.68. The quantitative estimate of drug-likeness (QED) is 0.766. The molecule has 0 aliphatic heterocycles. The molecule has 4 nitrogen and oxygen atoms in total. The van der Waals surface area contributed by atoms with Gasteiger partial charge < -0.3 is 5.73 Å². The largest absolute Gasteiger partial charge is 0.369 e. The molecule has 0 aromatic carbocycles. The number of nitrogens with two attached hydrogens (primary N) is 1. The van der Waals surface area contributed by atoms with Gasteiger partial charge in [0.1, 0.15) is 5.82 Å². The van der Waals surface area contributed by atoms with E-state index in [1.54, 1.807) is 6.92 Å². The number of rotatable bonds is 4. The first-order valence-corrected chi connectivity index (χ1v) is 5.57. The maximum absolute atomic E-state index is 10.7. The topological polar surface area (TPSA) is 68.9 Å². The van der Waals surface area contributed by atoms with E-state index in [0.717, 1.165) is 16.6 Å². The third kappa shape index (κ3) is 2.96. The highest BCUT2D eigenvalue weighted by molar-refractivity contribution is 8.02. The molecule has 1 aromatic rings. The van der Waals surface area contributed by atoms with Crippen molar-refractivity contribution < 1.29 is 4.79 Å². The van der Waals surface area contributed by atoms with Gasteiger partial charge in [-0.15, -0.1) is 0 Å². The Labute approximate surface area is 85.1 Å². The first kappa shape index (κ1) is 10.5. The predicted octanol–water partition coefficient (Wildman–Crippen LogP) is 1.07. The Hall–Kier alpha value is -0.620. The zero-order chi connectivity index (χ0) is 9.84. The zero-order valence-electron chi connectivity index (χ0n) is 7.48. The molecule has 0 saturated carbocycles. The van der Waals surface area contributed by atoms with Crippen molar-refractivity contribution in [3.8, 4) is 0 Å². The molecule has 1 amide bonds. The molecule has 0 spiro atoms. The van der Waals surface area contributed by atoms with Gasteiger partial charge in [-0.1, -0.05) is 18.7 Å². The lowest BCUT2D eigenvalue weighted by Gasteiger charge is -2.01. The molecule has 0 aliphatic rings. The van der Waals surface area contributed by atoms with Gasteiger partial charge in [-0.3, -0.25) is 4.79 Å². The molecule has 6 heteroatoms. The molecule has 1 heterocycles. The summed E-state index contributed by atoms with van der Waals surface area (Å²) in [6.45, 7) is 3.76. The maximum Gasteiger partial charge on any atom is 0.230 e. The molecule has 1 atom stereocenters. The lowest BCUT2D eigenvalue weighted by molar-refractivity contribution is -0.117. The van der Waals surface area contributed by atoms with Gasteiger partial charge in [0.05, 0.1) is 5.25 Å². The molecule has 0 radical (unpaired) electrons. The molecule has 1 rings (SSSR count). The van der Waals surface area contributed by atoms with Crippen LogP contribution in [0.15, 0.2) is 4.34 Å². The second kappa shape index (κ2) is 4.57. The molecule has 2 N–H and O–H groups in total. The predicted molar refractivity (Wildman–Crippen MR) is 53.8 cm³/mol. The number of amides is 1. The van der Waals surface area contributed by atoms with Gasteiger partial charge >= 0.3 is 0 Å². The van der Waals surface area contributed by atoms with Crippen LogP contribution >= 0.6 is 23.3 Å². The fraction of sp³-hybridized carbons (Fsp3) is 0.571. The number of aryl methyl sites for hydroxylation is 1. The number of hydrogen-bond donors (Lipinski definition) is 1. The van der Waals surface area contributed by atoms with Crippen molar-refractivity contribution in [3.63, 3.8) is 0 Å². The molecule has 0 bridgehead atoms. The molecule has 0 saturated heterocycles. The standard InChI is InChI=1S/C7H11N3OS2/c1-3-5-9-7(13-10-5)12-4(2)6(8)11/h4H,3H2,1-2H3,(H2,8,11). The first-order chi connectivity index (χ1) is 6.13. The minimum absolute atomic E-state index is 0.238. The summed E-state index contributed by atoms with van der Waals surface area (Å²) in [4.78, 5) is 15.0. The molecular formula is C7H11N3OS2. The summed E-state index contributed by atoms with van der Waals surface area (Å²) in [5.74, 6) is 0.502. The Morgan fingerprint density at radius 3 is 2.92 bits per heavy atom. The van der Waals surface area contributed by atoms with Gasteiger partial charge in [-0.25, -0.2) is 4.98 Å². The van der Waals surface area contributed by atoms with Crippen molar-refractivity contribution >= 4 is 29.2 Å². The molecule has 1 unspecified atom stereocenters. The molecular weight excluding hydrogens is 206 g/mol. The van der Waals surface area contributed by atoms with Crippen LogP contribution in [-0.2, 0) is 11.2 Å². The van der Waals surface area contributed by atoms with Crippen LogP contribution in [0.3, 0.4) is 0 Å². The summed E-state index contributed by atoms with van der Waals surface area (Å²) < 4.78 is 4.91. The van der Waals surface area contributed by atoms with Crippen LogP contribution in [0.5, 0.6) is 0 Å². The van der Waals surface area contributed by atoms with Crippen molar-refractivity contribution in [1.29, 1.82) is 0 Å². The van der Waals surface area contributed by atoms with E-state index in [-0.39, 0.29) is 11.2 Å². The van der Waals surface area contributed by atoms with Crippen LogP contribution in [0.1, 0.15) is 19.7 Å². The Bertz CT molecular complexity index is 300. The number of carbonyl (C=O) groups is 1. The van der Waals surface area contributed by atoms with Crippen molar-refractivity contribution in [2.45, 2.75) is 29.9 Å². The van der Waals surface area contributed by atoms with Crippen LogP contribution in [0.25, 0.3) is 0 Å². The summed E-state index contributed by atoms with van der Waals surface area (Å²) >= 11 is 2.67. The van der Waals surface area contributed by atoms with E-state index >= 15 is 0 Å². The van der Waals surface area contributed by atoms with E-state index in [4.69, 9.17) is 5.73 Å². The van der Waals surface area contributed by atoms with Crippen LogP contribution < -0.4 is 5.73 Å². The van der Waals surface area contributed by atoms with E-state index < -0.39 is 0 Å². The SMILES string of the molecule is CCc1nsc(SC(C)C(N)=O)n1. The monoisotopic (exact) mass is 217 g/mol. The van der Waals surface area contributed by atoms with Crippen LogP contribution in [0, 0.1) is 0 Å². The van der Waals surface area contributed by atoms with Gasteiger partial charge in [-0.2, -0.15) is 4.37 Å². The van der Waals surface area contributed by atoms with Gasteiger partial charge in [0, 0.05) is 6.42 Å². The smallest absolute Gasteiger partial charge is 0.230 e. The maximum atomic E-state index is 10.7. The summed E-state index contributed by atoms with van der Waals surface area (Å²) in [6.07, 6.45) is 0.821. The number of primary amides is 1. The number of carbonyl (C=O) groups excluding carboxylic acids is 1. The normalized spacial score (nSPS) is 12.8. The fourth-order valence-electron chi connectivity index (χ4n) is 0.639. The third-order valence-corrected chi connectivity index (χ3v) is 3.38. The van der Waals surface area contributed by atoms with Crippen molar-refractivity contribution in [2.75, 3.05) is 0 Å². The summed E-state index contributed by atoms with van der Waals surface area (Å²) in [5.41, 5.74) is 5.12. The molecule has 72 valence electrons. The van der Waals surface area contributed by atoms with Crippen molar-refractivity contribution in [2.24, 2.45) is 5.73 Å². The Morgan fingerprint density at radius 1 is 1.77 bits per heavy atom. The minimum Gasteiger partial charge on any atom is -0.369 e. The zero-order valence-corrected chi connectivity index (χ0v) is 9.11. The number of aromatic nitrogens is 2. The molecule has 13 heavy (non-hydrogen) atoms. The number of hydrogen-bond acceptors (Lipinski definition) is 5. The highest BCUT2D eigenvalue weighted by Crippen LogP contribution is 2.24. The third-order valence-electron chi connectivity index (χ3n) is 1.44. The van der Waals surface area contributed by atoms with E-state index in [9.17, 15) is 4.79 Å². The highest BCUT2D eigenvalue weighted by atomic mass is 32.2. The van der Waals surface area contributed by atoms with Crippen LogP contribution in [-0.4, -0.2) is 20.5 Å². The molecule has 0 fully saturated rings. The van der Waals surface area contributed by atoms with Crippen LogP contribution in [0.4, 0.5) is 0 Å². The average Bonchev–Trinajstić information content (AvgIpc) is 2.52. The van der Waals surface area contributed by atoms with Gasteiger partial charge in [0.25, 0.3) is 0 Å². The Morgan fingerprint density at radius 2 is 2.46 bits per heavy atom. The number of nitrogens with zero attached hydrogens (tertiary/aromatic N) is 2. The lowest BCUT2D eigenvalue weighted by atomic mass is 10.5. The Balaban J connectivity index is 2.58. The second-order valence-corrected chi connectivity index (χ2v) is 4.83. The van der Waals surface area contributed by atoms with Gasteiger partial charge in [0.15, 0.2) is 4.34 Å². The summed E-state index contributed by atoms with van der Waals surface area (Å²) in [6, 6.07) is 0. The molecule has 0 aliphatic carbocycles. The van der Waals surface area contributed by atoms with Crippen LogP contribution in [0.2, 0.25) is 0 Å². The second-order valence-electron chi connectivity index (χ2n) is 2.49. The summed E-state index contributed by atoms with van der Waals surface area (Å²) in [7, 11) is 0. The summed E-state index contributed by atoms with van der Waals surface area (Å²) in [5, 5.41) is -0.238. The first-order valence-electron chi connectivity index (χ1n) is 3.92. The molecule has 1 aromatic heterocycles. The van der Waals surface area contributed by atoms with E-state index in [1.807, 2.05) is 6.92 Å². The van der Waals surface area contributed by atoms with E-state index in [1.165, 1.54) is 23.3 Å². The fourth-order valence-corrected chi connectivity index (χ4v) is 2.43. The number of thioether (sulfide) groups is 1. The van der Waals surface area contributed by atoms with Gasteiger partial charge in [-0.05, 0) is 18.5 Å². The van der Waals surface area contributed by atoms with Crippen molar-refractivity contribution in [1.82, 2.24) is 9.36 Å².